The third-order valence-electron chi connectivity index (χ3n) is 3.01. The zero-order valence-electron chi connectivity index (χ0n) is 11.2. The molecule has 0 saturated carbocycles. The Morgan fingerprint density at radius 3 is 2.33 bits per heavy atom. The largest absolute Gasteiger partial charge is 0.395 e. The number of carbonyl (C=O) groups is 1. The molecular weight excluding hydrogens is 228 g/mol. The van der Waals surface area contributed by atoms with Gasteiger partial charge in [-0.25, -0.2) is 0 Å². The summed E-state index contributed by atoms with van der Waals surface area (Å²) >= 11 is 0. The van der Waals surface area contributed by atoms with Crippen LogP contribution in [0.25, 0.3) is 0 Å². The summed E-state index contributed by atoms with van der Waals surface area (Å²) in [5, 5.41) is 15.1. The zero-order chi connectivity index (χ0) is 13.5. The first kappa shape index (κ1) is 14.7. The Morgan fingerprint density at radius 1 is 1.28 bits per heavy atom. The van der Waals surface area contributed by atoms with E-state index in [0.717, 1.165) is 5.56 Å². The van der Waals surface area contributed by atoms with Crippen molar-refractivity contribution in [2.24, 2.45) is 5.92 Å². The molecule has 0 fully saturated rings. The molecule has 4 nitrogen and oxygen atoms in total. The molecule has 0 heterocycles. The van der Waals surface area contributed by atoms with E-state index in [-0.39, 0.29) is 18.6 Å². The molecule has 3 N–H and O–H groups in total. The minimum atomic E-state index is -0.0788. The highest BCUT2D eigenvalue weighted by Gasteiger charge is 2.11. The standard InChI is InChI=1S/C14H22N2O2/c1-10(2)13(9-17)16-8-11-4-6-12(7-5-11)14(18)15-3/h4-7,10,13,16-17H,8-9H2,1-3H3,(H,15,18)/t13-/m1/s1. The van der Waals surface area contributed by atoms with E-state index in [1.54, 1.807) is 19.2 Å². The third-order valence-corrected chi connectivity index (χ3v) is 3.01. The lowest BCUT2D eigenvalue weighted by Gasteiger charge is -2.19. The molecule has 0 aliphatic rings. The second-order valence-electron chi connectivity index (χ2n) is 4.69. The smallest absolute Gasteiger partial charge is 0.251 e. The van der Waals surface area contributed by atoms with Crippen LogP contribution in [-0.2, 0) is 6.54 Å². The minimum Gasteiger partial charge on any atom is -0.395 e. The predicted octanol–water partition coefficient (Wildman–Crippen LogP) is 1.15. The third kappa shape index (κ3) is 4.13. The van der Waals surface area contributed by atoms with Gasteiger partial charge >= 0.3 is 0 Å². The Kier molecular flexibility index (Phi) is 5.82. The van der Waals surface area contributed by atoms with Crippen LogP contribution in [0, 0.1) is 5.92 Å². The quantitative estimate of drug-likeness (QED) is 0.710. The van der Waals surface area contributed by atoms with E-state index >= 15 is 0 Å². The molecule has 100 valence electrons. The van der Waals surface area contributed by atoms with Crippen LogP contribution in [0.15, 0.2) is 24.3 Å². The fraction of sp³-hybridized carbons (Fsp3) is 0.500. The van der Waals surface area contributed by atoms with Gasteiger partial charge in [0.25, 0.3) is 5.91 Å². The fourth-order valence-corrected chi connectivity index (χ4v) is 1.68. The van der Waals surface area contributed by atoms with Crippen molar-refractivity contribution in [1.29, 1.82) is 0 Å². The summed E-state index contributed by atoms with van der Waals surface area (Å²) < 4.78 is 0. The lowest BCUT2D eigenvalue weighted by Crippen LogP contribution is -2.36. The van der Waals surface area contributed by atoms with Crippen molar-refractivity contribution < 1.29 is 9.90 Å². The van der Waals surface area contributed by atoms with Gasteiger partial charge < -0.3 is 15.7 Å². The number of hydrogen-bond acceptors (Lipinski definition) is 3. The molecule has 1 atom stereocenters. The van der Waals surface area contributed by atoms with Crippen molar-refractivity contribution in [3.05, 3.63) is 35.4 Å². The van der Waals surface area contributed by atoms with Gasteiger partial charge in [-0.1, -0.05) is 26.0 Å². The van der Waals surface area contributed by atoms with Crippen molar-refractivity contribution in [2.45, 2.75) is 26.4 Å². The second-order valence-corrected chi connectivity index (χ2v) is 4.69. The van der Waals surface area contributed by atoms with E-state index in [0.29, 0.717) is 18.0 Å². The van der Waals surface area contributed by atoms with E-state index in [1.165, 1.54) is 0 Å². The average molecular weight is 250 g/mol. The van der Waals surface area contributed by atoms with Gasteiger partial charge in [-0.15, -0.1) is 0 Å². The summed E-state index contributed by atoms with van der Waals surface area (Å²) in [4.78, 5) is 11.4. The van der Waals surface area contributed by atoms with E-state index in [2.05, 4.69) is 24.5 Å². The second kappa shape index (κ2) is 7.13. The van der Waals surface area contributed by atoms with E-state index in [9.17, 15) is 9.90 Å². The van der Waals surface area contributed by atoms with Crippen molar-refractivity contribution in [3.63, 3.8) is 0 Å². The van der Waals surface area contributed by atoms with Crippen molar-refractivity contribution in [1.82, 2.24) is 10.6 Å². The normalized spacial score (nSPS) is 12.5. The first-order valence-electron chi connectivity index (χ1n) is 6.23. The Hall–Kier alpha value is -1.39. The summed E-state index contributed by atoms with van der Waals surface area (Å²) in [6, 6.07) is 7.56. The van der Waals surface area contributed by atoms with Crippen LogP contribution in [0.2, 0.25) is 0 Å². The predicted molar refractivity (Wildman–Crippen MR) is 72.4 cm³/mol. The first-order valence-corrected chi connectivity index (χ1v) is 6.23. The number of benzene rings is 1. The van der Waals surface area contributed by atoms with Gasteiger partial charge in [-0.05, 0) is 23.6 Å². The highest BCUT2D eigenvalue weighted by molar-refractivity contribution is 5.93. The van der Waals surface area contributed by atoms with Crippen LogP contribution in [0.3, 0.4) is 0 Å². The van der Waals surface area contributed by atoms with Crippen LogP contribution in [0.5, 0.6) is 0 Å². The zero-order valence-corrected chi connectivity index (χ0v) is 11.2. The number of nitrogens with one attached hydrogen (secondary N) is 2. The van der Waals surface area contributed by atoms with Crippen LogP contribution in [0.1, 0.15) is 29.8 Å². The monoisotopic (exact) mass is 250 g/mol. The van der Waals surface area contributed by atoms with Gasteiger partial charge in [-0.3, -0.25) is 4.79 Å². The van der Waals surface area contributed by atoms with Crippen molar-refractivity contribution in [2.75, 3.05) is 13.7 Å². The van der Waals surface area contributed by atoms with E-state index < -0.39 is 0 Å². The molecule has 1 rings (SSSR count). The molecule has 0 bridgehead atoms. The Bertz CT molecular complexity index is 374. The van der Waals surface area contributed by atoms with Gasteiger partial charge in [0.1, 0.15) is 0 Å². The summed E-state index contributed by atoms with van der Waals surface area (Å²) in [7, 11) is 1.62. The molecule has 0 aliphatic heterocycles. The molecule has 1 aromatic rings. The molecule has 0 unspecified atom stereocenters. The fourth-order valence-electron chi connectivity index (χ4n) is 1.68. The lowest BCUT2D eigenvalue weighted by atomic mass is 10.0. The molecule has 0 spiro atoms. The van der Waals surface area contributed by atoms with Crippen molar-refractivity contribution in [3.8, 4) is 0 Å². The van der Waals surface area contributed by atoms with Crippen LogP contribution in [-0.4, -0.2) is 30.7 Å². The summed E-state index contributed by atoms with van der Waals surface area (Å²) in [6.45, 7) is 4.97. The van der Waals surface area contributed by atoms with Gasteiger partial charge in [-0.2, -0.15) is 0 Å². The van der Waals surface area contributed by atoms with Gasteiger partial charge in [0.2, 0.25) is 0 Å². The molecule has 18 heavy (non-hydrogen) atoms. The highest BCUT2D eigenvalue weighted by atomic mass is 16.3. The molecular formula is C14H22N2O2. The number of amides is 1. The molecule has 0 aliphatic carbocycles. The number of rotatable bonds is 6. The maximum Gasteiger partial charge on any atom is 0.251 e. The molecule has 1 amide bonds. The first-order chi connectivity index (χ1) is 8.58. The van der Waals surface area contributed by atoms with Crippen LogP contribution in [0.4, 0.5) is 0 Å². The maximum absolute atomic E-state index is 11.4. The average Bonchev–Trinajstić information content (AvgIpc) is 2.39. The molecule has 0 aromatic heterocycles. The molecule has 1 aromatic carbocycles. The van der Waals surface area contributed by atoms with Gasteiger partial charge in [0.05, 0.1) is 6.61 Å². The number of carbonyl (C=O) groups excluding carboxylic acids is 1. The van der Waals surface area contributed by atoms with Crippen LogP contribution < -0.4 is 10.6 Å². The lowest BCUT2D eigenvalue weighted by molar-refractivity contribution is 0.0963. The molecule has 4 heteroatoms. The Balaban J connectivity index is 2.56. The highest BCUT2D eigenvalue weighted by Crippen LogP contribution is 2.06. The SMILES string of the molecule is CNC(=O)c1ccc(CN[C@H](CO)C(C)C)cc1. The number of aliphatic hydroxyl groups is 1. The summed E-state index contributed by atoms with van der Waals surface area (Å²) in [6.07, 6.45) is 0. The number of hydrogen-bond donors (Lipinski definition) is 3. The Labute approximate surface area is 108 Å². The maximum atomic E-state index is 11.4. The van der Waals surface area contributed by atoms with Gasteiger partial charge in [0.15, 0.2) is 0 Å². The number of aliphatic hydroxyl groups excluding tert-OH is 1. The molecule has 0 radical (unpaired) electrons. The summed E-state index contributed by atoms with van der Waals surface area (Å²) in [5.41, 5.74) is 1.76. The van der Waals surface area contributed by atoms with Crippen LogP contribution >= 0.6 is 0 Å². The van der Waals surface area contributed by atoms with Gasteiger partial charge in [0, 0.05) is 25.2 Å². The van der Waals surface area contributed by atoms with E-state index in [4.69, 9.17) is 0 Å². The van der Waals surface area contributed by atoms with Crippen molar-refractivity contribution >= 4 is 5.91 Å². The topological polar surface area (TPSA) is 61.4 Å². The summed E-state index contributed by atoms with van der Waals surface area (Å²) in [5.74, 6) is 0.310. The molecule has 0 saturated heterocycles. The Morgan fingerprint density at radius 2 is 1.89 bits per heavy atom. The van der Waals surface area contributed by atoms with E-state index in [1.807, 2.05) is 12.1 Å². The minimum absolute atomic E-state index is 0.0788.